The molecule has 0 fully saturated rings. The average molecular weight is 358 g/mol. The summed E-state index contributed by atoms with van der Waals surface area (Å²) >= 11 is 6.61. The zero-order valence-corrected chi connectivity index (χ0v) is 15.8. The summed E-state index contributed by atoms with van der Waals surface area (Å²) in [6, 6.07) is 6.46. The van der Waals surface area contributed by atoms with Gasteiger partial charge in [-0.25, -0.2) is 0 Å². The number of carbonyl (C=O) groups is 1. The number of benzene rings is 1. The average Bonchev–Trinajstić information content (AvgIpc) is 3.02. The molecular weight excluding hydrogens is 334 g/mol. The molecule has 2 aromatic rings. The molecule has 0 N–H and O–H groups in total. The minimum atomic E-state index is -0.107. The zero-order valence-electron chi connectivity index (χ0n) is 15.0. The lowest BCUT2D eigenvalue weighted by Gasteiger charge is -2.41. The monoisotopic (exact) mass is 357 g/mol. The molecule has 0 radical (unpaired) electrons. The number of rotatable bonds is 3. The van der Waals surface area contributed by atoms with E-state index in [1.165, 1.54) is 16.5 Å². The molecule has 4 rings (SSSR count). The quantitative estimate of drug-likeness (QED) is 0.841. The van der Waals surface area contributed by atoms with Crippen LogP contribution in [0.2, 0.25) is 5.02 Å². The van der Waals surface area contributed by atoms with Crippen LogP contribution >= 0.6 is 11.6 Å². The van der Waals surface area contributed by atoms with Crippen LogP contribution in [-0.2, 0) is 11.3 Å². The lowest BCUT2D eigenvalue weighted by molar-refractivity contribution is -0.134. The largest absolute Gasteiger partial charge is 0.345 e. The number of nitrogens with zero attached hydrogens (tertiary/aromatic N) is 3. The number of hydrogen-bond acceptors (Lipinski definition) is 2. The molecular formula is C20H24ClN3O. The first-order chi connectivity index (χ1) is 12.0. The minimum absolute atomic E-state index is 0.107. The fourth-order valence-corrected chi connectivity index (χ4v) is 4.61. The van der Waals surface area contributed by atoms with E-state index in [1.54, 1.807) is 0 Å². The van der Waals surface area contributed by atoms with Gasteiger partial charge in [0.15, 0.2) is 0 Å². The first-order valence-electron chi connectivity index (χ1n) is 9.03. The van der Waals surface area contributed by atoms with Gasteiger partial charge in [-0.2, -0.15) is 0 Å². The highest BCUT2D eigenvalue weighted by molar-refractivity contribution is 6.33. The van der Waals surface area contributed by atoms with Crippen LogP contribution in [0.15, 0.2) is 30.5 Å². The van der Waals surface area contributed by atoms with Gasteiger partial charge >= 0.3 is 0 Å². The summed E-state index contributed by atoms with van der Waals surface area (Å²) in [4.78, 5) is 17.1. The molecule has 2 atom stereocenters. The molecule has 132 valence electrons. The molecule has 2 aliphatic rings. The second-order valence-electron chi connectivity index (χ2n) is 7.02. The van der Waals surface area contributed by atoms with Crippen molar-refractivity contribution in [1.82, 2.24) is 14.4 Å². The highest BCUT2D eigenvalue weighted by atomic mass is 35.5. The van der Waals surface area contributed by atoms with Crippen LogP contribution in [0.4, 0.5) is 0 Å². The van der Waals surface area contributed by atoms with Gasteiger partial charge in [-0.3, -0.25) is 9.69 Å². The molecule has 0 aliphatic carbocycles. The van der Waals surface area contributed by atoms with E-state index in [-0.39, 0.29) is 17.9 Å². The molecule has 25 heavy (non-hydrogen) atoms. The number of aromatic nitrogens is 1. The summed E-state index contributed by atoms with van der Waals surface area (Å²) in [6.45, 7) is 7.24. The topological polar surface area (TPSA) is 28.5 Å². The highest BCUT2D eigenvalue weighted by Gasteiger charge is 2.37. The normalized spacial score (nSPS) is 22.6. The second-order valence-corrected chi connectivity index (χ2v) is 7.43. The molecule has 0 saturated heterocycles. The fourth-order valence-electron chi connectivity index (χ4n) is 4.35. The van der Waals surface area contributed by atoms with Gasteiger partial charge in [0.05, 0.1) is 22.5 Å². The van der Waals surface area contributed by atoms with Crippen molar-refractivity contribution < 1.29 is 4.79 Å². The Balaban J connectivity index is 1.85. The highest BCUT2D eigenvalue weighted by Crippen LogP contribution is 2.42. The molecule has 0 unspecified atom stereocenters. The second kappa shape index (κ2) is 6.19. The summed E-state index contributed by atoms with van der Waals surface area (Å²) in [7, 11) is 2.11. The molecule has 4 nitrogen and oxygen atoms in total. The van der Waals surface area contributed by atoms with E-state index in [2.05, 4.69) is 40.9 Å². The van der Waals surface area contributed by atoms with Crippen LogP contribution in [-0.4, -0.2) is 53.0 Å². The lowest BCUT2D eigenvalue weighted by atomic mass is 9.85. The zero-order chi connectivity index (χ0) is 17.7. The number of hydrogen-bond donors (Lipinski definition) is 0. The standard InChI is InChI=1S/C20H24ClN3O/c1-4-23(5-2)20(25)14-10-15-17(22(3)11-14)12-24-9-8-13-6-7-16(21)18(15)19(13)24/h6-10,14,17H,4-5,11-12H2,1-3H3/t14-,17-/m1/s1. The predicted molar refractivity (Wildman–Crippen MR) is 103 cm³/mol. The van der Waals surface area contributed by atoms with Gasteiger partial charge in [0.2, 0.25) is 5.91 Å². The molecule has 1 amide bonds. The maximum absolute atomic E-state index is 12.9. The van der Waals surface area contributed by atoms with E-state index in [1.807, 2.05) is 24.8 Å². The van der Waals surface area contributed by atoms with Crippen molar-refractivity contribution in [2.24, 2.45) is 5.92 Å². The van der Waals surface area contributed by atoms with Crippen LogP contribution < -0.4 is 0 Å². The third-order valence-corrected chi connectivity index (χ3v) is 6.00. The van der Waals surface area contributed by atoms with Crippen molar-refractivity contribution in [3.05, 3.63) is 41.1 Å². The number of carbonyl (C=O) groups excluding carboxylic acids is 1. The summed E-state index contributed by atoms with van der Waals surface area (Å²) in [5.41, 5.74) is 3.50. The van der Waals surface area contributed by atoms with Crippen molar-refractivity contribution in [3.63, 3.8) is 0 Å². The first kappa shape index (κ1) is 16.7. The van der Waals surface area contributed by atoms with Gasteiger partial charge in [0.1, 0.15) is 0 Å². The van der Waals surface area contributed by atoms with Crippen molar-refractivity contribution >= 4 is 34.0 Å². The van der Waals surface area contributed by atoms with Crippen molar-refractivity contribution in [1.29, 1.82) is 0 Å². The summed E-state index contributed by atoms with van der Waals surface area (Å²) < 4.78 is 2.29. The fraction of sp³-hybridized carbons (Fsp3) is 0.450. The van der Waals surface area contributed by atoms with E-state index < -0.39 is 0 Å². The Bertz CT molecular complexity index is 865. The maximum Gasteiger partial charge on any atom is 0.230 e. The molecule has 0 bridgehead atoms. The Morgan fingerprint density at radius 3 is 2.72 bits per heavy atom. The summed E-state index contributed by atoms with van der Waals surface area (Å²) in [5, 5.41) is 1.98. The van der Waals surface area contributed by atoms with E-state index in [0.717, 1.165) is 36.8 Å². The van der Waals surface area contributed by atoms with E-state index >= 15 is 0 Å². The van der Waals surface area contributed by atoms with E-state index in [0.29, 0.717) is 0 Å². The molecule has 0 saturated carbocycles. The van der Waals surface area contributed by atoms with E-state index in [9.17, 15) is 4.79 Å². The van der Waals surface area contributed by atoms with Crippen molar-refractivity contribution in [2.75, 3.05) is 26.7 Å². The van der Waals surface area contributed by atoms with Crippen LogP contribution in [0.1, 0.15) is 19.4 Å². The van der Waals surface area contributed by atoms with Gasteiger partial charge in [-0.05, 0) is 38.6 Å². The molecule has 1 aromatic heterocycles. The van der Waals surface area contributed by atoms with Crippen LogP contribution in [0.5, 0.6) is 0 Å². The van der Waals surface area contributed by atoms with Crippen LogP contribution in [0.25, 0.3) is 16.5 Å². The molecule has 1 aromatic carbocycles. The van der Waals surface area contributed by atoms with Gasteiger partial charge in [0, 0.05) is 43.3 Å². The summed E-state index contributed by atoms with van der Waals surface area (Å²) in [5.74, 6) is 0.107. The van der Waals surface area contributed by atoms with Crippen LogP contribution in [0.3, 0.4) is 0 Å². The number of fused-ring (bicyclic) bond motifs is 2. The summed E-state index contributed by atoms with van der Waals surface area (Å²) in [6.07, 6.45) is 4.32. The third-order valence-electron chi connectivity index (χ3n) is 5.69. The predicted octanol–water partition coefficient (Wildman–Crippen LogP) is 3.49. The number of halogens is 1. The number of amides is 1. The number of likely N-dealkylation sites (N-methyl/N-ethyl adjacent to an activating group) is 1. The first-order valence-corrected chi connectivity index (χ1v) is 9.41. The third kappa shape index (κ3) is 2.51. The van der Waals surface area contributed by atoms with Crippen LogP contribution in [0, 0.1) is 5.92 Å². The van der Waals surface area contributed by atoms with E-state index in [4.69, 9.17) is 11.6 Å². The smallest absolute Gasteiger partial charge is 0.230 e. The Morgan fingerprint density at radius 2 is 2.00 bits per heavy atom. The SMILES string of the molecule is CCN(CC)C(=O)[C@@H]1C=C2c3c(Cl)ccc4ccn(c34)C[C@H]2N(C)C1. The maximum atomic E-state index is 12.9. The Labute approximate surface area is 153 Å². The molecule has 3 heterocycles. The van der Waals surface area contributed by atoms with Crippen molar-refractivity contribution in [2.45, 2.75) is 26.4 Å². The Hall–Kier alpha value is -1.78. The van der Waals surface area contributed by atoms with Gasteiger partial charge in [0.25, 0.3) is 0 Å². The molecule has 2 aliphatic heterocycles. The molecule has 5 heteroatoms. The molecule has 0 spiro atoms. The Kier molecular flexibility index (Phi) is 4.13. The van der Waals surface area contributed by atoms with Crippen molar-refractivity contribution in [3.8, 4) is 0 Å². The lowest BCUT2D eigenvalue weighted by Crippen LogP contribution is -2.48. The Morgan fingerprint density at radius 1 is 1.24 bits per heavy atom. The van der Waals surface area contributed by atoms with Gasteiger partial charge in [-0.15, -0.1) is 0 Å². The van der Waals surface area contributed by atoms with Gasteiger partial charge < -0.3 is 9.47 Å². The minimum Gasteiger partial charge on any atom is -0.345 e. The van der Waals surface area contributed by atoms with Gasteiger partial charge in [-0.1, -0.05) is 23.7 Å².